The van der Waals surface area contributed by atoms with Crippen LogP contribution in [0.15, 0.2) is 71.4 Å². The van der Waals surface area contributed by atoms with E-state index in [4.69, 9.17) is 9.15 Å². The molecule has 1 amide bonds. The number of fused-ring (bicyclic) bond motifs is 1. The van der Waals surface area contributed by atoms with Gasteiger partial charge in [0.2, 0.25) is 5.89 Å². The molecule has 0 aliphatic rings. The highest BCUT2D eigenvalue weighted by Gasteiger charge is 2.12. The second-order valence-electron chi connectivity index (χ2n) is 5.62. The normalized spacial score (nSPS) is 10.7. The van der Waals surface area contributed by atoms with Crippen molar-refractivity contribution in [3.8, 4) is 17.2 Å². The molecule has 0 unspecified atom stereocenters. The van der Waals surface area contributed by atoms with Crippen LogP contribution in [0.5, 0.6) is 5.75 Å². The van der Waals surface area contributed by atoms with E-state index in [-0.39, 0.29) is 5.91 Å². The van der Waals surface area contributed by atoms with Gasteiger partial charge in [-0.2, -0.15) is 0 Å². The third-order valence-electron chi connectivity index (χ3n) is 3.92. The SMILES string of the molecule is COc1ccc(NC(=O)c2ccc3oc(-c4ccncc4)nc3c2)cc1. The van der Waals surface area contributed by atoms with Crippen LogP contribution in [-0.2, 0) is 0 Å². The molecule has 1 N–H and O–H groups in total. The van der Waals surface area contributed by atoms with Gasteiger partial charge in [-0.1, -0.05) is 0 Å². The number of nitrogens with one attached hydrogen (secondary N) is 1. The first-order valence-corrected chi connectivity index (χ1v) is 7.99. The summed E-state index contributed by atoms with van der Waals surface area (Å²) in [6, 6.07) is 16.0. The smallest absolute Gasteiger partial charge is 0.255 e. The van der Waals surface area contributed by atoms with Gasteiger partial charge in [0.1, 0.15) is 11.3 Å². The number of pyridine rings is 1. The summed E-state index contributed by atoms with van der Waals surface area (Å²) in [6.07, 6.45) is 3.36. The Morgan fingerprint density at radius 2 is 1.81 bits per heavy atom. The molecule has 0 bridgehead atoms. The van der Waals surface area contributed by atoms with Crippen molar-refractivity contribution in [1.29, 1.82) is 0 Å². The Labute approximate surface area is 149 Å². The summed E-state index contributed by atoms with van der Waals surface area (Å²) in [5.41, 5.74) is 3.27. The second-order valence-corrected chi connectivity index (χ2v) is 5.62. The van der Waals surface area contributed by atoms with E-state index in [1.165, 1.54) is 0 Å². The van der Waals surface area contributed by atoms with Crippen LogP contribution in [-0.4, -0.2) is 23.0 Å². The molecule has 0 saturated carbocycles. The maximum atomic E-state index is 12.5. The predicted octanol–water partition coefficient (Wildman–Crippen LogP) is 4.15. The molecule has 2 aromatic carbocycles. The number of benzene rings is 2. The largest absolute Gasteiger partial charge is 0.497 e. The molecule has 26 heavy (non-hydrogen) atoms. The Kier molecular flexibility index (Phi) is 4.07. The maximum absolute atomic E-state index is 12.5. The van der Waals surface area contributed by atoms with E-state index in [1.54, 1.807) is 62.0 Å². The van der Waals surface area contributed by atoms with E-state index in [0.29, 0.717) is 28.2 Å². The lowest BCUT2D eigenvalue weighted by molar-refractivity contribution is 0.102. The second kappa shape index (κ2) is 6.68. The molecule has 0 atom stereocenters. The van der Waals surface area contributed by atoms with Gasteiger partial charge in [-0.15, -0.1) is 0 Å². The molecule has 6 heteroatoms. The number of hydrogen-bond donors (Lipinski definition) is 1. The number of aromatic nitrogens is 2. The standard InChI is InChI=1S/C20H15N3O3/c1-25-16-5-3-15(4-6-16)22-19(24)14-2-7-18-17(12-14)23-20(26-18)13-8-10-21-11-9-13/h2-12H,1H3,(H,22,24). The van der Waals surface area contributed by atoms with E-state index in [9.17, 15) is 4.79 Å². The fraction of sp³-hybridized carbons (Fsp3) is 0.0500. The van der Waals surface area contributed by atoms with E-state index in [2.05, 4.69) is 15.3 Å². The van der Waals surface area contributed by atoms with Gasteiger partial charge in [0.25, 0.3) is 5.91 Å². The quantitative estimate of drug-likeness (QED) is 0.601. The topological polar surface area (TPSA) is 77.2 Å². The lowest BCUT2D eigenvalue weighted by Gasteiger charge is -2.06. The highest BCUT2D eigenvalue weighted by molar-refractivity contribution is 6.05. The van der Waals surface area contributed by atoms with Crippen molar-refractivity contribution in [2.24, 2.45) is 0 Å². The molecular formula is C20H15N3O3. The lowest BCUT2D eigenvalue weighted by atomic mass is 10.2. The molecule has 2 heterocycles. The first kappa shape index (κ1) is 15.8. The van der Waals surface area contributed by atoms with Gasteiger partial charge in [0, 0.05) is 29.2 Å². The zero-order chi connectivity index (χ0) is 17.9. The van der Waals surface area contributed by atoms with Gasteiger partial charge in [-0.05, 0) is 54.6 Å². The van der Waals surface area contributed by atoms with Crippen molar-refractivity contribution in [1.82, 2.24) is 9.97 Å². The van der Waals surface area contributed by atoms with Crippen LogP contribution in [0.2, 0.25) is 0 Å². The highest BCUT2D eigenvalue weighted by atomic mass is 16.5. The van der Waals surface area contributed by atoms with Gasteiger partial charge in [0.15, 0.2) is 5.58 Å². The highest BCUT2D eigenvalue weighted by Crippen LogP contribution is 2.25. The number of methoxy groups -OCH3 is 1. The number of oxazole rings is 1. The van der Waals surface area contributed by atoms with Crippen molar-refractivity contribution in [3.05, 3.63) is 72.6 Å². The minimum Gasteiger partial charge on any atom is -0.497 e. The Balaban J connectivity index is 1.59. The van der Waals surface area contributed by atoms with Gasteiger partial charge < -0.3 is 14.5 Å². The molecule has 0 aliphatic carbocycles. The minimum atomic E-state index is -0.217. The van der Waals surface area contributed by atoms with E-state index >= 15 is 0 Å². The number of carbonyl (C=O) groups excluding carboxylic acids is 1. The molecule has 4 rings (SSSR count). The molecule has 128 valence electrons. The average Bonchev–Trinajstić information content (AvgIpc) is 3.12. The van der Waals surface area contributed by atoms with E-state index in [1.807, 2.05) is 12.1 Å². The summed E-state index contributed by atoms with van der Waals surface area (Å²) in [6.45, 7) is 0. The number of carbonyl (C=O) groups is 1. The number of anilines is 1. The molecule has 0 radical (unpaired) electrons. The zero-order valence-corrected chi connectivity index (χ0v) is 14.0. The number of ether oxygens (including phenoxy) is 1. The Bertz CT molecular complexity index is 1060. The fourth-order valence-corrected chi connectivity index (χ4v) is 2.56. The number of rotatable bonds is 4. The van der Waals surface area contributed by atoms with E-state index in [0.717, 1.165) is 11.3 Å². The number of amides is 1. The summed E-state index contributed by atoms with van der Waals surface area (Å²) in [7, 11) is 1.60. The predicted molar refractivity (Wildman–Crippen MR) is 98.2 cm³/mol. The molecule has 0 aliphatic heterocycles. The first-order valence-electron chi connectivity index (χ1n) is 7.99. The van der Waals surface area contributed by atoms with Crippen LogP contribution in [0.1, 0.15) is 10.4 Å². The van der Waals surface area contributed by atoms with Gasteiger partial charge >= 0.3 is 0 Å². The van der Waals surface area contributed by atoms with Gasteiger partial charge in [0.05, 0.1) is 7.11 Å². The van der Waals surface area contributed by atoms with Crippen LogP contribution in [0.25, 0.3) is 22.6 Å². The van der Waals surface area contributed by atoms with Crippen molar-refractivity contribution < 1.29 is 13.9 Å². The summed E-state index contributed by atoms with van der Waals surface area (Å²) >= 11 is 0. The Morgan fingerprint density at radius 1 is 1.04 bits per heavy atom. The molecule has 0 spiro atoms. The third kappa shape index (κ3) is 3.12. The molecule has 2 aromatic heterocycles. The van der Waals surface area contributed by atoms with Crippen LogP contribution in [0.3, 0.4) is 0 Å². The summed E-state index contributed by atoms with van der Waals surface area (Å²) < 4.78 is 10.9. The first-order chi connectivity index (χ1) is 12.7. The summed E-state index contributed by atoms with van der Waals surface area (Å²) in [5, 5.41) is 2.85. The minimum absolute atomic E-state index is 0.217. The summed E-state index contributed by atoms with van der Waals surface area (Å²) in [5.74, 6) is 1.01. The van der Waals surface area contributed by atoms with Crippen LogP contribution < -0.4 is 10.1 Å². The van der Waals surface area contributed by atoms with Gasteiger partial charge in [-0.25, -0.2) is 4.98 Å². The van der Waals surface area contributed by atoms with Crippen molar-refractivity contribution in [2.45, 2.75) is 0 Å². The van der Waals surface area contributed by atoms with Crippen molar-refractivity contribution in [3.63, 3.8) is 0 Å². The zero-order valence-electron chi connectivity index (χ0n) is 14.0. The van der Waals surface area contributed by atoms with Gasteiger partial charge in [-0.3, -0.25) is 9.78 Å². The maximum Gasteiger partial charge on any atom is 0.255 e. The lowest BCUT2D eigenvalue weighted by Crippen LogP contribution is -2.11. The average molecular weight is 345 g/mol. The molecule has 0 saturated heterocycles. The Hall–Kier alpha value is -3.67. The van der Waals surface area contributed by atoms with E-state index < -0.39 is 0 Å². The molecular weight excluding hydrogens is 330 g/mol. The van der Waals surface area contributed by atoms with Crippen LogP contribution in [0.4, 0.5) is 5.69 Å². The monoisotopic (exact) mass is 345 g/mol. The molecule has 4 aromatic rings. The molecule has 0 fully saturated rings. The van der Waals surface area contributed by atoms with Crippen LogP contribution >= 0.6 is 0 Å². The summed E-state index contributed by atoms with van der Waals surface area (Å²) in [4.78, 5) is 20.9. The van der Waals surface area contributed by atoms with Crippen LogP contribution in [0, 0.1) is 0 Å². The van der Waals surface area contributed by atoms with Crippen molar-refractivity contribution >= 4 is 22.7 Å². The molecule has 6 nitrogen and oxygen atoms in total. The number of hydrogen-bond acceptors (Lipinski definition) is 5. The number of nitrogens with zero attached hydrogens (tertiary/aromatic N) is 2. The fourth-order valence-electron chi connectivity index (χ4n) is 2.56. The van der Waals surface area contributed by atoms with Crippen molar-refractivity contribution in [2.75, 3.05) is 12.4 Å². The Morgan fingerprint density at radius 3 is 2.54 bits per heavy atom. The third-order valence-corrected chi connectivity index (χ3v) is 3.92.